The lowest BCUT2D eigenvalue weighted by molar-refractivity contribution is 0.102. The summed E-state index contributed by atoms with van der Waals surface area (Å²) in [7, 11) is 0. The van der Waals surface area contributed by atoms with Crippen molar-refractivity contribution in [2.75, 3.05) is 5.32 Å². The van der Waals surface area contributed by atoms with Gasteiger partial charge in [0.15, 0.2) is 0 Å². The maximum absolute atomic E-state index is 12.4. The molecular weight excluding hydrogens is 334 g/mol. The number of nitrogens with zero attached hydrogens (tertiary/aromatic N) is 4. The van der Waals surface area contributed by atoms with Crippen LogP contribution in [0.15, 0.2) is 48.8 Å². The molecule has 1 amide bonds. The van der Waals surface area contributed by atoms with E-state index in [1.54, 1.807) is 10.8 Å². The molecule has 6 nitrogen and oxygen atoms in total. The van der Waals surface area contributed by atoms with Crippen LogP contribution in [-0.4, -0.2) is 25.7 Å². The molecule has 0 aliphatic carbocycles. The van der Waals surface area contributed by atoms with E-state index in [1.807, 2.05) is 56.3 Å². The van der Waals surface area contributed by atoms with Crippen molar-refractivity contribution >= 4 is 27.9 Å². The number of amides is 1. The Morgan fingerprint density at radius 1 is 1.08 bits per heavy atom. The van der Waals surface area contributed by atoms with Gasteiger partial charge in [-0.15, -0.1) is 10.2 Å². The minimum Gasteiger partial charge on any atom is -0.322 e. The summed E-state index contributed by atoms with van der Waals surface area (Å²) >= 11 is 1.47. The fraction of sp³-hybridized carbons (Fsp3) is 0.111. The van der Waals surface area contributed by atoms with Gasteiger partial charge in [0.25, 0.3) is 5.91 Å². The molecule has 25 heavy (non-hydrogen) atoms. The number of hydrogen-bond acceptors (Lipinski definition) is 5. The normalized spacial score (nSPS) is 11.0. The van der Waals surface area contributed by atoms with E-state index in [9.17, 15) is 4.79 Å². The summed E-state index contributed by atoms with van der Waals surface area (Å²) in [6.07, 6.45) is 1.58. The first-order valence-electron chi connectivity index (χ1n) is 7.75. The van der Waals surface area contributed by atoms with Crippen molar-refractivity contribution < 1.29 is 4.79 Å². The summed E-state index contributed by atoms with van der Waals surface area (Å²) in [4.78, 5) is 13.2. The Hall–Kier alpha value is -3.06. The highest BCUT2D eigenvalue weighted by Crippen LogP contribution is 2.26. The standard InChI is InChI=1S/C18H15N5OS/c1-11-7-12(2)9-14(8-11)16(24)20-15-5-3-13(4-6-15)17-22-23-10-19-21-18(23)25-17/h3-10H,1-2H3,(H,20,24). The van der Waals surface area contributed by atoms with Crippen molar-refractivity contribution in [3.63, 3.8) is 0 Å². The van der Waals surface area contributed by atoms with E-state index in [4.69, 9.17) is 0 Å². The topological polar surface area (TPSA) is 72.2 Å². The van der Waals surface area contributed by atoms with E-state index in [0.29, 0.717) is 5.56 Å². The minimum atomic E-state index is -0.113. The fourth-order valence-corrected chi connectivity index (χ4v) is 3.51. The van der Waals surface area contributed by atoms with Crippen molar-refractivity contribution in [3.8, 4) is 10.6 Å². The zero-order valence-electron chi connectivity index (χ0n) is 13.7. The van der Waals surface area contributed by atoms with Crippen molar-refractivity contribution in [2.24, 2.45) is 0 Å². The van der Waals surface area contributed by atoms with E-state index >= 15 is 0 Å². The van der Waals surface area contributed by atoms with E-state index < -0.39 is 0 Å². The van der Waals surface area contributed by atoms with E-state index in [1.165, 1.54) is 11.3 Å². The smallest absolute Gasteiger partial charge is 0.255 e. The largest absolute Gasteiger partial charge is 0.322 e. The average Bonchev–Trinajstić information content (AvgIpc) is 3.16. The second-order valence-corrected chi connectivity index (χ2v) is 6.83. The number of aromatic nitrogens is 4. The van der Waals surface area contributed by atoms with Crippen LogP contribution in [-0.2, 0) is 0 Å². The second-order valence-electron chi connectivity index (χ2n) is 5.87. The molecule has 0 unspecified atom stereocenters. The summed E-state index contributed by atoms with van der Waals surface area (Å²) in [5, 5.41) is 16.0. The maximum atomic E-state index is 12.4. The summed E-state index contributed by atoms with van der Waals surface area (Å²) in [5.74, 6) is -0.113. The number of aryl methyl sites for hydroxylation is 2. The van der Waals surface area contributed by atoms with Crippen LogP contribution < -0.4 is 5.32 Å². The third-order valence-electron chi connectivity index (χ3n) is 3.76. The quantitative estimate of drug-likeness (QED) is 0.612. The molecular formula is C18H15N5OS. The van der Waals surface area contributed by atoms with E-state index in [0.717, 1.165) is 32.3 Å². The molecule has 0 aliphatic heterocycles. The molecule has 7 heteroatoms. The lowest BCUT2D eigenvalue weighted by Crippen LogP contribution is -2.12. The van der Waals surface area contributed by atoms with Gasteiger partial charge in [-0.25, -0.2) is 0 Å². The van der Waals surface area contributed by atoms with Gasteiger partial charge in [-0.05, 0) is 50.2 Å². The number of fused-ring (bicyclic) bond motifs is 1. The van der Waals surface area contributed by atoms with Gasteiger partial charge in [-0.3, -0.25) is 4.79 Å². The number of rotatable bonds is 3. The molecule has 4 aromatic rings. The highest BCUT2D eigenvalue weighted by molar-refractivity contribution is 7.19. The Kier molecular flexibility index (Phi) is 3.77. The Labute approximate surface area is 148 Å². The van der Waals surface area contributed by atoms with Crippen molar-refractivity contribution in [2.45, 2.75) is 13.8 Å². The lowest BCUT2D eigenvalue weighted by atomic mass is 10.1. The fourth-order valence-electron chi connectivity index (χ4n) is 2.68. The number of hydrogen-bond donors (Lipinski definition) is 1. The Morgan fingerprint density at radius 2 is 1.80 bits per heavy atom. The molecule has 0 atom stereocenters. The van der Waals surface area contributed by atoms with Crippen LogP contribution >= 0.6 is 11.3 Å². The Bertz CT molecular complexity index is 1020. The molecule has 2 heterocycles. The first kappa shape index (κ1) is 15.5. The van der Waals surface area contributed by atoms with Crippen LogP contribution in [0.5, 0.6) is 0 Å². The molecule has 2 aromatic carbocycles. The maximum Gasteiger partial charge on any atom is 0.255 e. The number of carbonyl (C=O) groups excluding carboxylic acids is 1. The number of carbonyl (C=O) groups is 1. The predicted octanol–water partition coefficient (Wildman–Crippen LogP) is 3.72. The second kappa shape index (κ2) is 6.10. The summed E-state index contributed by atoms with van der Waals surface area (Å²) < 4.78 is 1.65. The monoisotopic (exact) mass is 349 g/mol. The number of benzene rings is 2. The highest BCUT2D eigenvalue weighted by Gasteiger charge is 2.10. The highest BCUT2D eigenvalue weighted by atomic mass is 32.1. The van der Waals surface area contributed by atoms with Gasteiger partial charge < -0.3 is 5.32 Å². The average molecular weight is 349 g/mol. The van der Waals surface area contributed by atoms with Crippen LogP contribution in [0.25, 0.3) is 15.5 Å². The molecule has 1 N–H and O–H groups in total. The molecule has 0 saturated carbocycles. The van der Waals surface area contributed by atoms with Gasteiger partial charge >= 0.3 is 0 Å². The molecule has 124 valence electrons. The van der Waals surface area contributed by atoms with Crippen LogP contribution in [0.1, 0.15) is 21.5 Å². The van der Waals surface area contributed by atoms with Crippen molar-refractivity contribution in [3.05, 3.63) is 65.5 Å². The summed E-state index contributed by atoms with van der Waals surface area (Å²) in [6.45, 7) is 3.97. The summed E-state index contributed by atoms with van der Waals surface area (Å²) in [6, 6.07) is 13.4. The van der Waals surface area contributed by atoms with Crippen LogP contribution in [0, 0.1) is 13.8 Å². The molecule has 0 spiro atoms. The number of anilines is 1. The van der Waals surface area contributed by atoms with Gasteiger partial charge in [0.05, 0.1) is 0 Å². The lowest BCUT2D eigenvalue weighted by Gasteiger charge is -2.07. The van der Waals surface area contributed by atoms with E-state index in [2.05, 4.69) is 20.6 Å². The molecule has 0 saturated heterocycles. The van der Waals surface area contributed by atoms with Gasteiger partial charge in [0.2, 0.25) is 4.96 Å². The molecule has 4 rings (SSSR count). The Morgan fingerprint density at radius 3 is 2.48 bits per heavy atom. The molecule has 0 aliphatic rings. The third-order valence-corrected chi connectivity index (χ3v) is 4.72. The van der Waals surface area contributed by atoms with Crippen LogP contribution in [0.3, 0.4) is 0 Å². The van der Waals surface area contributed by atoms with Gasteiger partial charge in [0, 0.05) is 16.8 Å². The van der Waals surface area contributed by atoms with Gasteiger partial charge in [0.1, 0.15) is 11.3 Å². The zero-order valence-corrected chi connectivity index (χ0v) is 14.5. The first-order valence-corrected chi connectivity index (χ1v) is 8.57. The van der Waals surface area contributed by atoms with E-state index in [-0.39, 0.29) is 5.91 Å². The van der Waals surface area contributed by atoms with Gasteiger partial charge in [-0.1, -0.05) is 28.5 Å². The van der Waals surface area contributed by atoms with Crippen molar-refractivity contribution in [1.29, 1.82) is 0 Å². The third kappa shape index (κ3) is 3.14. The van der Waals surface area contributed by atoms with Crippen molar-refractivity contribution in [1.82, 2.24) is 19.8 Å². The van der Waals surface area contributed by atoms with Crippen LogP contribution in [0.2, 0.25) is 0 Å². The predicted molar refractivity (Wildman–Crippen MR) is 98.0 cm³/mol. The zero-order chi connectivity index (χ0) is 17.4. The van der Waals surface area contributed by atoms with Crippen LogP contribution in [0.4, 0.5) is 5.69 Å². The number of nitrogens with one attached hydrogen (secondary N) is 1. The molecule has 0 bridgehead atoms. The summed E-state index contributed by atoms with van der Waals surface area (Å²) in [5.41, 5.74) is 4.53. The Balaban J connectivity index is 1.53. The van der Waals surface area contributed by atoms with Gasteiger partial charge in [-0.2, -0.15) is 9.61 Å². The molecule has 0 radical (unpaired) electrons. The minimum absolute atomic E-state index is 0.113. The molecule has 0 fully saturated rings. The SMILES string of the molecule is Cc1cc(C)cc(C(=O)Nc2ccc(-c3nn4cnnc4s3)cc2)c1. The molecule has 2 aromatic heterocycles. The first-order chi connectivity index (χ1) is 12.1.